The lowest BCUT2D eigenvalue weighted by Crippen LogP contribution is -2.29. The molecular weight excluding hydrogens is 415 g/mol. The number of primary amides is 1. The molecule has 0 aliphatic heterocycles. The average molecular weight is 439 g/mol. The van der Waals surface area contributed by atoms with Gasteiger partial charge in [0.1, 0.15) is 5.00 Å². The molecule has 0 saturated heterocycles. The lowest BCUT2D eigenvalue weighted by Gasteiger charge is -2.36. The average Bonchev–Trinajstić information content (AvgIpc) is 3.00. The Morgan fingerprint density at radius 2 is 2.00 bits per heavy atom. The van der Waals surface area contributed by atoms with E-state index < -0.39 is 5.91 Å². The molecule has 1 aliphatic carbocycles. The van der Waals surface area contributed by atoms with Crippen molar-refractivity contribution in [3.05, 3.63) is 49.8 Å². The number of thiophene rings is 1. The van der Waals surface area contributed by atoms with Crippen LogP contribution in [0.5, 0.6) is 0 Å². The van der Waals surface area contributed by atoms with Crippen LogP contribution in [0, 0.1) is 11.3 Å². The van der Waals surface area contributed by atoms with Gasteiger partial charge in [0.15, 0.2) is 0 Å². The van der Waals surface area contributed by atoms with Crippen LogP contribution < -0.4 is 11.1 Å². The van der Waals surface area contributed by atoms with Gasteiger partial charge in [-0.2, -0.15) is 0 Å². The molecule has 3 N–H and O–H groups in total. The first-order valence-electron chi connectivity index (χ1n) is 9.34. The molecule has 2 amide bonds. The third-order valence-electron chi connectivity index (χ3n) is 5.94. The summed E-state index contributed by atoms with van der Waals surface area (Å²) in [6.45, 7) is 6.79. The Labute approximate surface area is 179 Å². The Balaban J connectivity index is 1.91. The number of hydrogen-bond donors (Lipinski definition) is 2. The second-order valence-corrected chi connectivity index (χ2v) is 9.86. The fourth-order valence-electron chi connectivity index (χ4n) is 3.70. The van der Waals surface area contributed by atoms with Crippen molar-refractivity contribution in [3.8, 4) is 0 Å². The van der Waals surface area contributed by atoms with Crippen LogP contribution in [0.2, 0.25) is 10.0 Å². The quantitative estimate of drug-likeness (QED) is 0.605. The van der Waals surface area contributed by atoms with E-state index in [0.29, 0.717) is 32.1 Å². The number of nitrogens with two attached hydrogens (primary N) is 1. The summed E-state index contributed by atoms with van der Waals surface area (Å²) in [5, 5.41) is 4.06. The maximum absolute atomic E-state index is 12.7. The molecule has 1 unspecified atom stereocenters. The van der Waals surface area contributed by atoms with E-state index in [4.69, 9.17) is 28.9 Å². The fourth-order valence-corrected chi connectivity index (χ4v) is 5.33. The minimum absolute atomic E-state index is 0.234. The van der Waals surface area contributed by atoms with Gasteiger partial charge >= 0.3 is 0 Å². The Morgan fingerprint density at radius 1 is 1.29 bits per heavy atom. The van der Waals surface area contributed by atoms with Gasteiger partial charge < -0.3 is 11.1 Å². The minimum atomic E-state index is -0.504. The van der Waals surface area contributed by atoms with Crippen LogP contribution in [0.25, 0.3) is 0 Å². The summed E-state index contributed by atoms with van der Waals surface area (Å²) < 4.78 is 0. The summed E-state index contributed by atoms with van der Waals surface area (Å²) >= 11 is 13.4. The van der Waals surface area contributed by atoms with Crippen LogP contribution >= 0.6 is 34.5 Å². The van der Waals surface area contributed by atoms with E-state index >= 15 is 0 Å². The highest BCUT2D eigenvalue weighted by Gasteiger charge is 2.35. The molecule has 3 rings (SSSR count). The predicted octanol–water partition coefficient (Wildman–Crippen LogP) is 5.95. The van der Waals surface area contributed by atoms with Crippen molar-refractivity contribution >= 4 is 51.4 Å². The maximum atomic E-state index is 12.7. The molecule has 0 bridgehead atoms. The monoisotopic (exact) mass is 438 g/mol. The molecule has 150 valence electrons. The smallest absolute Gasteiger partial charge is 0.256 e. The van der Waals surface area contributed by atoms with Crippen molar-refractivity contribution in [1.29, 1.82) is 0 Å². The van der Waals surface area contributed by atoms with E-state index in [9.17, 15) is 9.59 Å². The molecule has 7 heteroatoms. The number of benzene rings is 1. The van der Waals surface area contributed by atoms with Gasteiger partial charge in [-0.05, 0) is 54.4 Å². The molecule has 1 aromatic carbocycles. The fraction of sp³-hybridized carbons (Fsp3) is 0.429. The summed E-state index contributed by atoms with van der Waals surface area (Å²) in [6.07, 6.45) is 3.83. The number of amides is 2. The maximum Gasteiger partial charge on any atom is 0.256 e. The Kier molecular flexibility index (Phi) is 6.08. The van der Waals surface area contributed by atoms with E-state index in [1.54, 1.807) is 12.1 Å². The molecular formula is C21H24Cl2N2O2S. The number of nitrogens with one attached hydrogen (secondary N) is 1. The van der Waals surface area contributed by atoms with Gasteiger partial charge in [0.05, 0.1) is 15.6 Å². The summed E-state index contributed by atoms with van der Waals surface area (Å²) in [6, 6.07) is 4.68. The standard InChI is InChI=1S/C21H24Cl2N2O2S/c1-4-21(2,3)12-6-7-13-16(10-12)28-20(17(13)18(24)26)25-19(27)11-5-8-14(22)15(23)9-11/h5,8-9,12H,4,6-7,10H2,1-3H3,(H2,24,26)(H,25,27). The van der Waals surface area contributed by atoms with E-state index in [-0.39, 0.29) is 11.3 Å². The number of carbonyl (C=O) groups excluding carboxylic acids is 2. The van der Waals surface area contributed by atoms with Crippen LogP contribution in [0.1, 0.15) is 64.8 Å². The molecule has 1 heterocycles. The van der Waals surface area contributed by atoms with Crippen LogP contribution in [-0.4, -0.2) is 11.8 Å². The first-order chi connectivity index (χ1) is 13.1. The normalized spacial score (nSPS) is 16.5. The number of carbonyl (C=O) groups is 2. The SMILES string of the molecule is CCC(C)(C)C1CCc2c(sc(NC(=O)c3ccc(Cl)c(Cl)c3)c2C(N)=O)C1. The summed E-state index contributed by atoms with van der Waals surface area (Å²) in [5.41, 5.74) is 7.71. The number of hydrogen-bond acceptors (Lipinski definition) is 3. The molecule has 0 saturated carbocycles. The summed E-state index contributed by atoms with van der Waals surface area (Å²) in [5.74, 6) is -0.303. The summed E-state index contributed by atoms with van der Waals surface area (Å²) in [4.78, 5) is 26.0. The molecule has 0 fully saturated rings. The molecule has 4 nitrogen and oxygen atoms in total. The zero-order valence-electron chi connectivity index (χ0n) is 16.2. The van der Waals surface area contributed by atoms with Crippen molar-refractivity contribution in [2.24, 2.45) is 17.1 Å². The third kappa shape index (κ3) is 4.07. The lowest BCUT2D eigenvalue weighted by molar-refractivity contribution is 0.0999. The van der Waals surface area contributed by atoms with Gasteiger partial charge in [-0.3, -0.25) is 9.59 Å². The lowest BCUT2D eigenvalue weighted by atomic mass is 9.69. The second kappa shape index (κ2) is 8.05. The Morgan fingerprint density at radius 3 is 2.61 bits per heavy atom. The summed E-state index contributed by atoms with van der Waals surface area (Å²) in [7, 11) is 0. The first-order valence-corrected chi connectivity index (χ1v) is 10.9. The Hall–Kier alpha value is -1.56. The molecule has 0 spiro atoms. The van der Waals surface area contributed by atoms with Crippen molar-refractivity contribution in [1.82, 2.24) is 0 Å². The van der Waals surface area contributed by atoms with Crippen LogP contribution in [0.3, 0.4) is 0 Å². The zero-order chi connectivity index (χ0) is 20.6. The van der Waals surface area contributed by atoms with E-state index in [1.807, 2.05) is 0 Å². The van der Waals surface area contributed by atoms with E-state index in [1.165, 1.54) is 17.4 Å². The topological polar surface area (TPSA) is 72.2 Å². The van der Waals surface area contributed by atoms with Crippen molar-refractivity contribution in [3.63, 3.8) is 0 Å². The van der Waals surface area contributed by atoms with E-state index in [2.05, 4.69) is 26.1 Å². The molecule has 1 aliphatic rings. The number of halogens is 2. The van der Waals surface area contributed by atoms with Crippen LogP contribution in [-0.2, 0) is 12.8 Å². The van der Waals surface area contributed by atoms with Gasteiger partial charge in [-0.25, -0.2) is 0 Å². The van der Waals surface area contributed by atoms with Gasteiger partial charge in [-0.1, -0.05) is 50.4 Å². The van der Waals surface area contributed by atoms with Crippen molar-refractivity contribution in [2.75, 3.05) is 5.32 Å². The van der Waals surface area contributed by atoms with Crippen LogP contribution in [0.4, 0.5) is 5.00 Å². The molecule has 1 atom stereocenters. The molecule has 0 radical (unpaired) electrons. The number of fused-ring (bicyclic) bond motifs is 1. The molecule has 2 aromatic rings. The first kappa shape index (κ1) is 21.2. The van der Waals surface area contributed by atoms with Gasteiger partial charge in [-0.15, -0.1) is 11.3 Å². The highest BCUT2D eigenvalue weighted by atomic mass is 35.5. The van der Waals surface area contributed by atoms with Crippen LogP contribution in [0.15, 0.2) is 18.2 Å². The second-order valence-electron chi connectivity index (χ2n) is 7.94. The third-order valence-corrected chi connectivity index (χ3v) is 7.85. The van der Waals surface area contributed by atoms with Gasteiger partial charge in [0.25, 0.3) is 11.8 Å². The van der Waals surface area contributed by atoms with Gasteiger partial charge in [0.2, 0.25) is 0 Å². The molecule has 1 aromatic heterocycles. The largest absolute Gasteiger partial charge is 0.365 e. The Bertz CT molecular complexity index is 937. The van der Waals surface area contributed by atoms with Crippen molar-refractivity contribution in [2.45, 2.75) is 46.5 Å². The molecule has 28 heavy (non-hydrogen) atoms. The predicted molar refractivity (Wildman–Crippen MR) is 117 cm³/mol. The zero-order valence-corrected chi connectivity index (χ0v) is 18.5. The highest BCUT2D eigenvalue weighted by molar-refractivity contribution is 7.17. The van der Waals surface area contributed by atoms with Crippen molar-refractivity contribution < 1.29 is 9.59 Å². The highest BCUT2D eigenvalue weighted by Crippen LogP contribution is 2.45. The van der Waals surface area contributed by atoms with Gasteiger partial charge in [0, 0.05) is 10.4 Å². The van der Waals surface area contributed by atoms with E-state index in [0.717, 1.165) is 36.1 Å². The number of anilines is 1. The number of rotatable bonds is 5. The minimum Gasteiger partial charge on any atom is -0.365 e.